The summed E-state index contributed by atoms with van der Waals surface area (Å²) in [5, 5.41) is 1.56. The number of ether oxygens (including phenoxy) is 4. The molecule has 0 spiro atoms. The van der Waals surface area contributed by atoms with Gasteiger partial charge >= 0.3 is 6.01 Å². The van der Waals surface area contributed by atoms with Crippen LogP contribution in [0.4, 0.5) is 13.2 Å². The minimum Gasteiger partial charge on any atom is -0.468 e. The van der Waals surface area contributed by atoms with Crippen molar-refractivity contribution in [2.75, 3.05) is 46.8 Å². The minimum atomic E-state index is -2.28. The molecule has 300 valence electrons. The third-order valence-electron chi connectivity index (χ3n) is 12.7. The Labute approximate surface area is 329 Å². The van der Waals surface area contributed by atoms with Crippen molar-refractivity contribution in [1.82, 2.24) is 19.9 Å². The second-order valence-electron chi connectivity index (χ2n) is 16.9. The van der Waals surface area contributed by atoms with Gasteiger partial charge in [-0.25, -0.2) is 13.2 Å². The molecule has 0 aliphatic carbocycles. The molecule has 3 atom stereocenters. The Hall–Kier alpha value is -3.76. The van der Waals surface area contributed by atoms with E-state index in [-0.39, 0.29) is 42.1 Å². The lowest BCUT2D eigenvalue weighted by Crippen LogP contribution is -2.43. The van der Waals surface area contributed by atoms with Gasteiger partial charge in [-0.05, 0) is 78.9 Å². The summed E-state index contributed by atoms with van der Waals surface area (Å²) in [6.07, 6.45) is 5.22. The highest BCUT2D eigenvalue weighted by molar-refractivity contribution is 6.90. The van der Waals surface area contributed by atoms with E-state index in [9.17, 15) is 4.39 Å². The first-order chi connectivity index (χ1) is 26.9. The molecule has 5 heterocycles. The average Bonchev–Trinajstić information content (AvgIpc) is 3.55. The van der Waals surface area contributed by atoms with Crippen LogP contribution < -0.4 is 9.47 Å². The zero-order chi connectivity index (χ0) is 39.8. The van der Waals surface area contributed by atoms with Crippen molar-refractivity contribution in [3.05, 3.63) is 53.4 Å². The van der Waals surface area contributed by atoms with E-state index in [2.05, 4.69) is 57.9 Å². The Morgan fingerprint density at radius 1 is 1.00 bits per heavy atom. The molecule has 12 heteroatoms. The summed E-state index contributed by atoms with van der Waals surface area (Å²) in [4.78, 5) is 16.5. The second kappa shape index (κ2) is 16.6. The van der Waals surface area contributed by atoms with Crippen LogP contribution in [-0.4, -0.2) is 86.4 Å². The predicted octanol–water partition coefficient (Wildman–Crippen LogP) is 9.91. The van der Waals surface area contributed by atoms with Crippen molar-refractivity contribution in [3.63, 3.8) is 0 Å². The van der Waals surface area contributed by atoms with Crippen LogP contribution in [0.25, 0.3) is 32.9 Å². The molecule has 3 aliphatic heterocycles. The maximum Gasteiger partial charge on any atom is 0.317 e. The predicted molar refractivity (Wildman–Crippen MR) is 217 cm³/mol. The van der Waals surface area contributed by atoms with E-state index >= 15 is 8.78 Å². The van der Waals surface area contributed by atoms with Gasteiger partial charge in [0, 0.05) is 61.7 Å². The number of pyridine rings is 1. The summed E-state index contributed by atoms with van der Waals surface area (Å²) in [6, 6.07) is 6.58. The molecule has 0 N–H and O–H groups in total. The number of hydrogen-bond acceptors (Lipinski definition) is 8. The summed E-state index contributed by atoms with van der Waals surface area (Å²) in [5.41, 5.74) is 5.45. The van der Waals surface area contributed by atoms with Gasteiger partial charge in [0.25, 0.3) is 0 Å². The SMILES string of the molecule is COCOc1cc(-c2ncc3c(C4CCCOCC4)nc(OC[C@@]45CCCN4C[C@H](F)C5)nc3c2F)c2c(C#C[Si](C(C)C)(C(C)C)C(C)C)c(F)ccc2c1. The van der Waals surface area contributed by atoms with Crippen molar-refractivity contribution in [1.29, 1.82) is 0 Å². The van der Waals surface area contributed by atoms with E-state index in [1.807, 2.05) is 0 Å². The van der Waals surface area contributed by atoms with Gasteiger partial charge in [0.05, 0.1) is 16.8 Å². The van der Waals surface area contributed by atoms with Gasteiger partial charge < -0.3 is 18.9 Å². The standard InChI is InChI=1S/C44H55F3N4O4Si/c1-27(2)56(28(3)4,29(5)6)19-14-34-37(46)12-11-31-20-33(55-26-52-7)21-35(38(31)34)41-39(47)42-36(23-48-41)40(30-10-8-17-53-18-13-30)49-43(50-42)54-25-44-15-9-16-51(44)24-32(45)22-44/h11-12,20-21,23,27-30,32H,8-10,13,15-18,22,24-26H2,1-7H3/t30?,32-,44+/m1/s1. The van der Waals surface area contributed by atoms with Crippen LogP contribution in [0.2, 0.25) is 16.6 Å². The molecular formula is C44H55F3N4O4Si. The van der Waals surface area contributed by atoms with Crippen LogP contribution in [0.3, 0.4) is 0 Å². The molecule has 8 nitrogen and oxygen atoms in total. The number of benzene rings is 2. The molecule has 0 radical (unpaired) electrons. The van der Waals surface area contributed by atoms with Crippen molar-refractivity contribution in [2.24, 2.45) is 0 Å². The molecule has 3 fully saturated rings. The van der Waals surface area contributed by atoms with Gasteiger partial charge in [-0.3, -0.25) is 9.88 Å². The summed E-state index contributed by atoms with van der Waals surface area (Å²) < 4.78 is 71.6. The third-order valence-corrected chi connectivity index (χ3v) is 19.0. The number of hydrogen-bond donors (Lipinski definition) is 0. The van der Waals surface area contributed by atoms with Crippen molar-refractivity contribution < 1.29 is 32.1 Å². The molecule has 0 amide bonds. The van der Waals surface area contributed by atoms with E-state index in [1.165, 1.54) is 13.2 Å². The van der Waals surface area contributed by atoms with Gasteiger partial charge in [-0.1, -0.05) is 53.5 Å². The molecule has 7 rings (SSSR count). The van der Waals surface area contributed by atoms with Gasteiger partial charge in [0.2, 0.25) is 0 Å². The quantitative estimate of drug-likeness (QED) is 0.0845. The first-order valence-electron chi connectivity index (χ1n) is 20.3. The molecule has 0 bridgehead atoms. The summed E-state index contributed by atoms with van der Waals surface area (Å²) >= 11 is 0. The number of rotatable bonds is 11. The maximum absolute atomic E-state index is 17.5. The lowest BCUT2D eigenvalue weighted by atomic mass is 9.93. The van der Waals surface area contributed by atoms with Crippen molar-refractivity contribution in [2.45, 2.75) is 114 Å². The molecule has 1 unspecified atom stereocenters. The summed E-state index contributed by atoms with van der Waals surface area (Å²) in [5.74, 6) is 2.53. The first-order valence-corrected chi connectivity index (χ1v) is 22.5. The van der Waals surface area contributed by atoms with Crippen LogP contribution >= 0.6 is 0 Å². The van der Waals surface area contributed by atoms with E-state index in [1.54, 1.807) is 24.4 Å². The number of aromatic nitrogens is 3. The highest BCUT2D eigenvalue weighted by Gasteiger charge is 2.49. The van der Waals surface area contributed by atoms with Crippen LogP contribution in [0.15, 0.2) is 30.5 Å². The monoisotopic (exact) mass is 788 g/mol. The van der Waals surface area contributed by atoms with E-state index in [0.717, 1.165) is 32.2 Å². The Kier molecular flexibility index (Phi) is 12.0. The number of fused-ring (bicyclic) bond motifs is 3. The Morgan fingerprint density at radius 2 is 1.79 bits per heavy atom. The van der Waals surface area contributed by atoms with E-state index < -0.39 is 31.4 Å². The largest absolute Gasteiger partial charge is 0.468 e. The van der Waals surface area contributed by atoms with Crippen LogP contribution in [0.5, 0.6) is 11.8 Å². The van der Waals surface area contributed by atoms with E-state index in [0.29, 0.717) is 82.4 Å². The molecule has 2 aromatic heterocycles. The molecule has 4 aromatic rings. The van der Waals surface area contributed by atoms with Gasteiger partial charge in [-0.15, -0.1) is 5.54 Å². The normalized spacial score (nSPS) is 21.9. The fourth-order valence-electron chi connectivity index (χ4n) is 9.98. The number of alkyl halides is 1. The first kappa shape index (κ1) is 40.4. The van der Waals surface area contributed by atoms with Crippen LogP contribution in [0, 0.1) is 23.1 Å². The zero-order valence-electron chi connectivity index (χ0n) is 33.8. The second-order valence-corrected chi connectivity index (χ2v) is 22.4. The Morgan fingerprint density at radius 3 is 2.54 bits per heavy atom. The van der Waals surface area contributed by atoms with Gasteiger partial charge in [0.15, 0.2) is 12.6 Å². The lowest BCUT2D eigenvalue weighted by molar-refractivity contribution is 0.0512. The smallest absolute Gasteiger partial charge is 0.317 e. The Balaban J connectivity index is 1.42. The average molecular weight is 789 g/mol. The molecule has 0 saturated carbocycles. The lowest BCUT2D eigenvalue weighted by Gasteiger charge is -2.38. The van der Waals surface area contributed by atoms with Crippen molar-refractivity contribution >= 4 is 29.7 Å². The maximum atomic E-state index is 17.5. The minimum absolute atomic E-state index is 0.0180. The number of nitrogens with zero attached hydrogens (tertiary/aromatic N) is 4. The molecule has 3 aliphatic rings. The van der Waals surface area contributed by atoms with Crippen molar-refractivity contribution in [3.8, 4) is 34.5 Å². The van der Waals surface area contributed by atoms with E-state index in [4.69, 9.17) is 33.9 Å². The third kappa shape index (κ3) is 7.52. The highest BCUT2D eigenvalue weighted by atomic mass is 28.3. The van der Waals surface area contributed by atoms with Gasteiger partial charge in [-0.2, -0.15) is 9.97 Å². The summed E-state index contributed by atoms with van der Waals surface area (Å²) in [7, 11) is -0.757. The number of methoxy groups -OCH3 is 1. The number of halogens is 3. The molecule has 2 aromatic carbocycles. The van der Waals surface area contributed by atoms with Crippen LogP contribution in [-0.2, 0) is 9.47 Å². The van der Waals surface area contributed by atoms with Crippen LogP contribution in [0.1, 0.15) is 97.2 Å². The fourth-order valence-corrected chi connectivity index (χ4v) is 15.2. The van der Waals surface area contributed by atoms with Gasteiger partial charge in [0.1, 0.15) is 43.6 Å². The highest BCUT2D eigenvalue weighted by Crippen LogP contribution is 2.44. The fraction of sp³-hybridized carbons (Fsp3) is 0.568. The molecular weight excluding hydrogens is 734 g/mol. The zero-order valence-corrected chi connectivity index (χ0v) is 34.8. The molecule has 3 saturated heterocycles. The molecule has 56 heavy (non-hydrogen) atoms. The summed E-state index contributed by atoms with van der Waals surface area (Å²) in [6.45, 7) is 15.9. The Bertz CT molecular complexity index is 2110. The topological polar surface area (TPSA) is 78.8 Å².